The van der Waals surface area contributed by atoms with Gasteiger partial charge in [0.1, 0.15) is 11.2 Å². The number of ether oxygens (including phenoxy) is 2. The van der Waals surface area contributed by atoms with Crippen LogP contribution >= 0.6 is 0 Å². The fraction of sp³-hybridized carbons (Fsp3) is 0.588. The van der Waals surface area contributed by atoms with E-state index < -0.39 is 11.0 Å². The summed E-state index contributed by atoms with van der Waals surface area (Å²) in [7, 11) is 4.98. The van der Waals surface area contributed by atoms with Crippen molar-refractivity contribution >= 4 is 5.97 Å². The van der Waals surface area contributed by atoms with E-state index >= 15 is 0 Å². The average Bonchev–Trinajstić information content (AvgIpc) is 2.50. The SMILES string of the molecule is COC(=O)C12CCN(C)C(Cc3ccc(OC)cc31)[C@@]2(C)O. The van der Waals surface area contributed by atoms with Gasteiger partial charge in [0.2, 0.25) is 0 Å². The summed E-state index contributed by atoms with van der Waals surface area (Å²) in [6, 6.07) is 5.66. The standard InChI is InChI=1S/C17H23NO4/c1-16(20)14-9-11-5-6-12(21-3)10-13(11)17(16,15(19)22-4)7-8-18(14)2/h5-6,10,14,20H,7-9H2,1-4H3/t14?,16-,17?/m1/s1. The Morgan fingerprint density at radius 3 is 2.77 bits per heavy atom. The molecule has 0 amide bonds. The summed E-state index contributed by atoms with van der Waals surface area (Å²) in [5.74, 6) is 0.319. The van der Waals surface area contributed by atoms with Crippen molar-refractivity contribution in [2.75, 3.05) is 27.8 Å². The first kappa shape index (κ1) is 15.3. The van der Waals surface area contributed by atoms with Crippen molar-refractivity contribution in [3.05, 3.63) is 29.3 Å². The molecule has 2 bridgehead atoms. The summed E-state index contributed by atoms with van der Waals surface area (Å²) >= 11 is 0. The first-order chi connectivity index (χ1) is 10.4. The second-order valence-electron chi connectivity index (χ2n) is 6.52. The molecule has 1 saturated heterocycles. The van der Waals surface area contributed by atoms with Gasteiger partial charge in [-0.05, 0) is 56.6 Å². The number of aliphatic hydroxyl groups is 1. The maximum atomic E-state index is 12.7. The highest BCUT2D eigenvalue weighted by Gasteiger charge is 2.64. The molecule has 0 aromatic heterocycles. The number of hydrogen-bond acceptors (Lipinski definition) is 5. The van der Waals surface area contributed by atoms with E-state index in [2.05, 4.69) is 4.90 Å². The first-order valence-electron chi connectivity index (χ1n) is 7.57. The van der Waals surface area contributed by atoms with Crippen LogP contribution < -0.4 is 4.74 Å². The van der Waals surface area contributed by atoms with Crippen molar-refractivity contribution in [2.45, 2.75) is 36.8 Å². The molecule has 120 valence electrons. The van der Waals surface area contributed by atoms with Gasteiger partial charge in [-0.1, -0.05) is 6.07 Å². The Labute approximate surface area is 130 Å². The third kappa shape index (κ3) is 1.75. The fourth-order valence-electron chi connectivity index (χ4n) is 4.29. The topological polar surface area (TPSA) is 59.0 Å². The molecule has 5 heteroatoms. The van der Waals surface area contributed by atoms with Gasteiger partial charge in [0.05, 0.1) is 19.8 Å². The van der Waals surface area contributed by atoms with Gasteiger partial charge in [0.25, 0.3) is 0 Å². The van der Waals surface area contributed by atoms with E-state index in [1.54, 1.807) is 14.0 Å². The predicted molar refractivity (Wildman–Crippen MR) is 82.1 cm³/mol. The van der Waals surface area contributed by atoms with Gasteiger partial charge in [0, 0.05) is 6.04 Å². The van der Waals surface area contributed by atoms with Crippen molar-refractivity contribution in [1.82, 2.24) is 4.90 Å². The van der Waals surface area contributed by atoms with Crippen molar-refractivity contribution in [3.8, 4) is 5.75 Å². The van der Waals surface area contributed by atoms with Crippen LogP contribution in [0.15, 0.2) is 18.2 Å². The number of likely N-dealkylation sites (tertiary alicyclic amines) is 1. The molecule has 1 fully saturated rings. The fourth-order valence-corrected chi connectivity index (χ4v) is 4.29. The number of carbonyl (C=O) groups excluding carboxylic acids is 1. The molecule has 1 aromatic rings. The molecule has 0 radical (unpaired) electrons. The van der Waals surface area contributed by atoms with Gasteiger partial charge in [0.15, 0.2) is 0 Å². The molecule has 1 N–H and O–H groups in total. The summed E-state index contributed by atoms with van der Waals surface area (Å²) in [4.78, 5) is 14.9. The number of likely N-dealkylation sites (N-methyl/N-ethyl adjacent to an activating group) is 1. The van der Waals surface area contributed by atoms with Crippen molar-refractivity contribution in [2.24, 2.45) is 0 Å². The van der Waals surface area contributed by atoms with Crippen LogP contribution in [0.5, 0.6) is 5.75 Å². The number of fused-ring (bicyclic) bond motifs is 4. The second kappa shape index (κ2) is 4.96. The molecule has 1 aliphatic carbocycles. The van der Waals surface area contributed by atoms with Crippen molar-refractivity contribution in [3.63, 3.8) is 0 Å². The van der Waals surface area contributed by atoms with Crippen LogP contribution in [0.25, 0.3) is 0 Å². The molecule has 1 aliphatic heterocycles. The van der Waals surface area contributed by atoms with Gasteiger partial charge in [-0.25, -0.2) is 0 Å². The van der Waals surface area contributed by atoms with Gasteiger partial charge in [-0.3, -0.25) is 4.79 Å². The molecule has 5 nitrogen and oxygen atoms in total. The number of benzene rings is 1. The van der Waals surface area contributed by atoms with E-state index in [4.69, 9.17) is 9.47 Å². The number of rotatable bonds is 2. The van der Waals surface area contributed by atoms with Gasteiger partial charge in [-0.15, -0.1) is 0 Å². The Morgan fingerprint density at radius 1 is 1.41 bits per heavy atom. The lowest BCUT2D eigenvalue weighted by atomic mass is 9.55. The molecule has 1 aromatic carbocycles. The zero-order valence-corrected chi connectivity index (χ0v) is 13.5. The Kier molecular flexibility index (Phi) is 3.45. The lowest BCUT2D eigenvalue weighted by Gasteiger charge is -2.58. The molecule has 0 spiro atoms. The van der Waals surface area contributed by atoms with Crippen LogP contribution in [0.3, 0.4) is 0 Å². The summed E-state index contributed by atoms with van der Waals surface area (Å²) < 4.78 is 10.4. The lowest BCUT2D eigenvalue weighted by Crippen LogP contribution is -2.72. The molecular formula is C17H23NO4. The molecule has 2 aliphatic rings. The van der Waals surface area contributed by atoms with Crippen LogP contribution in [0, 0.1) is 0 Å². The maximum Gasteiger partial charge on any atom is 0.319 e. The summed E-state index contributed by atoms with van der Waals surface area (Å²) in [5, 5.41) is 11.3. The summed E-state index contributed by atoms with van der Waals surface area (Å²) in [6.45, 7) is 2.50. The van der Waals surface area contributed by atoms with Crippen LogP contribution in [0.4, 0.5) is 0 Å². The van der Waals surface area contributed by atoms with E-state index in [1.165, 1.54) is 7.11 Å². The molecule has 0 saturated carbocycles. The molecule has 2 unspecified atom stereocenters. The normalized spacial score (nSPS) is 34.0. The molecular weight excluding hydrogens is 282 g/mol. The Hall–Kier alpha value is -1.59. The largest absolute Gasteiger partial charge is 0.497 e. The minimum Gasteiger partial charge on any atom is -0.497 e. The highest BCUT2D eigenvalue weighted by molar-refractivity contribution is 5.87. The summed E-state index contributed by atoms with van der Waals surface area (Å²) in [6.07, 6.45) is 1.24. The van der Waals surface area contributed by atoms with Crippen molar-refractivity contribution in [1.29, 1.82) is 0 Å². The first-order valence-corrected chi connectivity index (χ1v) is 7.57. The van der Waals surface area contributed by atoms with Crippen LogP contribution in [-0.4, -0.2) is 55.4 Å². The predicted octanol–water partition coefficient (Wildman–Crippen LogP) is 1.12. The lowest BCUT2D eigenvalue weighted by molar-refractivity contribution is -0.178. The Balaban J connectivity index is 2.28. The zero-order valence-electron chi connectivity index (χ0n) is 13.5. The molecule has 3 rings (SSSR count). The molecule has 1 heterocycles. The highest BCUT2D eigenvalue weighted by Crippen LogP contribution is 2.52. The Bertz CT molecular complexity index is 613. The van der Waals surface area contributed by atoms with E-state index in [9.17, 15) is 9.90 Å². The quantitative estimate of drug-likeness (QED) is 0.830. The average molecular weight is 305 g/mol. The minimum absolute atomic E-state index is 0.110. The third-order valence-electron chi connectivity index (χ3n) is 5.61. The zero-order chi connectivity index (χ0) is 16.1. The van der Waals surface area contributed by atoms with Crippen molar-refractivity contribution < 1.29 is 19.4 Å². The number of methoxy groups -OCH3 is 2. The number of carbonyl (C=O) groups is 1. The second-order valence-corrected chi connectivity index (χ2v) is 6.52. The molecule has 22 heavy (non-hydrogen) atoms. The van der Waals surface area contributed by atoms with Crippen LogP contribution in [0.1, 0.15) is 24.5 Å². The number of esters is 1. The third-order valence-corrected chi connectivity index (χ3v) is 5.61. The molecule has 3 atom stereocenters. The monoisotopic (exact) mass is 305 g/mol. The smallest absolute Gasteiger partial charge is 0.319 e. The number of nitrogens with zero attached hydrogens (tertiary/aromatic N) is 1. The Morgan fingerprint density at radius 2 is 2.14 bits per heavy atom. The van der Waals surface area contributed by atoms with E-state index in [1.807, 2.05) is 25.2 Å². The highest BCUT2D eigenvalue weighted by atomic mass is 16.5. The van der Waals surface area contributed by atoms with Crippen LogP contribution in [-0.2, 0) is 21.4 Å². The minimum atomic E-state index is -1.19. The van der Waals surface area contributed by atoms with E-state index in [0.29, 0.717) is 18.6 Å². The van der Waals surface area contributed by atoms with Gasteiger partial charge in [-0.2, -0.15) is 0 Å². The van der Waals surface area contributed by atoms with Gasteiger partial charge < -0.3 is 19.5 Å². The number of hydrogen-bond donors (Lipinski definition) is 1. The maximum absolute atomic E-state index is 12.7. The summed E-state index contributed by atoms with van der Waals surface area (Å²) in [5.41, 5.74) is -0.310. The van der Waals surface area contributed by atoms with E-state index in [-0.39, 0.29) is 12.0 Å². The van der Waals surface area contributed by atoms with E-state index in [0.717, 1.165) is 17.7 Å². The number of piperidine rings is 1. The van der Waals surface area contributed by atoms with Gasteiger partial charge >= 0.3 is 5.97 Å². The van der Waals surface area contributed by atoms with Crippen LogP contribution in [0.2, 0.25) is 0 Å².